The number of methoxy groups -OCH3 is 1. The topological polar surface area (TPSA) is 69.7 Å². The van der Waals surface area contributed by atoms with Crippen molar-refractivity contribution in [2.45, 2.75) is 12.8 Å². The smallest absolute Gasteiger partial charge is 0.469 e. The fourth-order valence-electron chi connectivity index (χ4n) is 1.18. The number of carbonyl (C=O) groups excluding carboxylic acids is 1. The van der Waals surface area contributed by atoms with E-state index in [-0.39, 0.29) is 18.1 Å². The first-order valence-electron chi connectivity index (χ1n) is 4.70. The highest BCUT2D eigenvalue weighted by Crippen LogP contribution is 2.15. The van der Waals surface area contributed by atoms with Gasteiger partial charge in [-0.3, -0.25) is 4.79 Å². The maximum atomic E-state index is 12.2. The van der Waals surface area contributed by atoms with Crippen LogP contribution in [0.5, 0.6) is 5.75 Å². The van der Waals surface area contributed by atoms with Crippen LogP contribution in [0.3, 0.4) is 0 Å². The molecule has 0 saturated carbocycles. The first kappa shape index (κ1) is 13.4. The van der Waals surface area contributed by atoms with Gasteiger partial charge in [-0.25, -0.2) is 0 Å². The van der Waals surface area contributed by atoms with Gasteiger partial charge in [-0.05, 0) is 24.1 Å². The van der Waals surface area contributed by atoms with E-state index in [1.54, 1.807) is 12.1 Å². The summed E-state index contributed by atoms with van der Waals surface area (Å²) in [6, 6.07) is 5.71. The van der Waals surface area contributed by atoms with Crippen LogP contribution >= 0.6 is 0 Å². The SMILES string of the molecule is COC(=O)CCc1ccc(OS(=O)(=O)F)cc1. The highest BCUT2D eigenvalue weighted by atomic mass is 32.3. The molecular formula is C10H11FO5S. The summed E-state index contributed by atoms with van der Waals surface area (Å²) >= 11 is 0. The molecule has 0 radical (unpaired) electrons. The fraction of sp³-hybridized carbons (Fsp3) is 0.300. The van der Waals surface area contributed by atoms with Crippen molar-refractivity contribution in [1.29, 1.82) is 0 Å². The zero-order valence-corrected chi connectivity index (χ0v) is 9.87. The van der Waals surface area contributed by atoms with Crippen molar-refractivity contribution in [3.8, 4) is 5.75 Å². The number of benzene rings is 1. The third kappa shape index (κ3) is 5.30. The van der Waals surface area contributed by atoms with E-state index in [9.17, 15) is 17.1 Å². The molecule has 0 saturated heterocycles. The summed E-state index contributed by atoms with van der Waals surface area (Å²) in [5, 5.41) is 0. The van der Waals surface area contributed by atoms with Crippen molar-refractivity contribution >= 4 is 16.5 Å². The maximum absolute atomic E-state index is 12.2. The van der Waals surface area contributed by atoms with Crippen LogP contribution in [0.2, 0.25) is 0 Å². The van der Waals surface area contributed by atoms with Gasteiger partial charge in [-0.15, -0.1) is 0 Å². The largest absolute Gasteiger partial charge is 0.488 e. The van der Waals surface area contributed by atoms with Crippen LogP contribution in [0, 0.1) is 0 Å². The molecule has 94 valence electrons. The van der Waals surface area contributed by atoms with Gasteiger partial charge in [0.15, 0.2) is 0 Å². The molecule has 1 rings (SSSR count). The summed E-state index contributed by atoms with van der Waals surface area (Å²) < 4.78 is 41.0. The van der Waals surface area contributed by atoms with Crippen LogP contribution in [0.25, 0.3) is 0 Å². The molecule has 7 heteroatoms. The van der Waals surface area contributed by atoms with Crippen LogP contribution in [0.1, 0.15) is 12.0 Å². The Bertz CT molecular complexity index is 480. The second-order valence-electron chi connectivity index (χ2n) is 3.20. The van der Waals surface area contributed by atoms with Gasteiger partial charge >= 0.3 is 16.5 Å². The lowest BCUT2D eigenvalue weighted by Crippen LogP contribution is -2.03. The van der Waals surface area contributed by atoms with Crippen LogP contribution in [0.15, 0.2) is 24.3 Å². The van der Waals surface area contributed by atoms with Gasteiger partial charge in [-0.2, -0.15) is 8.42 Å². The van der Waals surface area contributed by atoms with Crippen LogP contribution < -0.4 is 4.18 Å². The van der Waals surface area contributed by atoms with Crippen LogP contribution in [-0.4, -0.2) is 21.5 Å². The van der Waals surface area contributed by atoms with E-state index in [1.165, 1.54) is 19.2 Å². The van der Waals surface area contributed by atoms with Crippen molar-refractivity contribution in [2.75, 3.05) is 7.11 Å². The molecule has 0 unspecified atom stereocenters. The molecule has 1 aromatic rings. The second kappa shape index (κ2) is 5.62. The van der Waals surface area contributed by atoms with Crippen molar-refractivity contribution in [1.82, 2.24) is 0 Å². The van der Waals surface area contributed by atoms with Gasteiger partial charge in [0.25, 0.3) is 0 Å². The fourth-order valence-corrected chi connectivity index (χ4v) is 1.52. The Morgan fingerprint density at radius 3 is 2.35 bits per heavy atom. The molecule has 0 aliphatic heterocycles. The Hall–Kier alpha value is -1.63. The standard InChI is InChI=1S/C10H11FO5S/c1-15-10(12)7-4-8-2-5-9(6-3-8)16-17(11,13)14/h2-3,5-6H,4,7H2,1H3. The minimum Gasteiger partial charge on any atom is -0.469 e. The summed E-state index contributed by atoms with van der Waals surface area (Å²) in [7, 11) is -3.70. The third-order valence-corrected chi connectivity index (χ3v) is 2.36. The van der Waals surface area contributed by atoms with Gasteiger partial charge in [-0.1, -0.05) is 16.0 Å². The average Bonchev–Trinajstić information content (AvgIpc) is 2.25. The predicted octanol–water partition coefficient (Wildman–Crippen LogP) is 1.39. The lowest BCUT2D eigenvalue weighted by atomic mass is 10.1. The third-order valence-electron chi connectivity index (χ3n) is 1.96. The van der Waals surface area contributed by atoms with Crippen molar-refractivity contribution in [3.63, 3.8) is 0 Å². The van der Waals surface area contributed by atoms with Crippen molar-refractivity contribution < 1.29 is 26.0 Å². The Morgan fingerprint density at radius 1 is 1.29 bits per heavy atom. The molecule has 0 N–H and O–H groups in total. The number of hydrogen-bond acceptors (Lipinski definition) is 5. The Morgan fingerprint density at radius 2 is 1.88 bits per heavy atom. The van der Waals surface area contributed by atoms with Gasteiger partial charge < -0.3 is 8.92 Å². The Balaban J connectivity index is 2.59. The van der Waals surface area contributed by atoms with Crippen molar-refractivity contribution in [2.24, 2.45) is 0 Å². The van der Waals surface area contributed by atoms with Crippen LogP contribution in [0.4, 0.5) is 3.89 Å². The van der Waals surface area contributed by atoms with Crippen molar-refractivity contribution in [3.05, 3.63) is 29.8 Å². The number of esters is 1. The van der Waals surface area contributed by atoms with E-state index in [1.807, 2.05) is 0 Å². The summed E-state index contributed by atoms with van der Waals surface area (Å²) in [6.45, 7) is 0. The molecule has 0 bridgehead atoms. The first-order chi connectivity index (χ1) is 7.90. The molecule has 0 aliphatic rings. The molecule has 0 spiro atoms. The minimum atomic E-state index is -4.99. The lowest BCUT2D eigenvalue weighted by Gasteiger charge is -2.02. The predicted molar refractivity (Wildman–Crippen MR) is 57.4 cm³/mol. The quantitative estimate of drug-likeness (QED) is 0.592. The number of halogens is 1. The summed E-state index contributed by atoms with van der Waals surface area (Å²) in [4.78, 5) is 10.9. The Kier molecular flexibility index (Phi) is 4.45. The molecule has 0 amide bonds. The molecule has 0 atom stereocenters. The number of aryl methyl sites for hydroxylation is 1. The zero-order chi connectivity index (χ0) is 12.9. The number of ether oxygens (including phenoxy) is 1. The van der Waals surface area contributed by atoms with Gasteiger partial charge in [0, 0.05) is 6.42 Å². The van der Waals surface area contributed by atoms with Gasteiger partial charge in [0.1, 0.15) is 5.75 Å². The lowest BCUT2D eigenvalue weighted by molar-refractivity contribution is -0.140. The highest BCUT2D eigenvalue weighted by molar-refractivity contribution is 7.81. The molecule has 1 aromatic carbocycles. The van der Waals surface area contributed by atoms with Gasteiger partial charge in [0.2, 0.25) is 0 Å². The number of carbonyl (C=O) groups is 1. The van der Waals surface area contributed by atoms with E-state index >= 15 is 0 Å². The van der Waals surface area contributed by atoms with Crippen LogP contribution in [-0.2, 0) is 26.5 Å². The normalized spacial score (nSPS) is 10.9. The zero-order valence-electron chi connectivity index (χ0n) is 9.05. The highest BCUT2D eigenvalue weighted by Gasteiger charge is 2.09. The minimum absolute atomic E-state index is 0.116. The van der Waals surface area contributed by atoms with E-state index in [0.717, 1.165) is 5.56 Å². The molecule has 0 fully saturated rings. The van der Waals surface area contributed by atoms with E-state index in [4.69, 9.17) is 0 Å². The van der Waals surface area contributed by atoms with E-state index < -0.39 is 10.5 Å². The van der Waals surface area contributed by atoms with Gasteiger partial charge in [0.05, 0.1) is 7.11 Å². The summed E-state index contributed by atoms with van der Waals surface area (Å²) in [5.74, 6) is -0.453. The van der Waals surface area contributed by atoms with E-state index in [2.05, 4.69) is 8.92 Å². The summed E-state index contributed by atoms with van der Waals surface area (Å²) in [6.07, 6.45) is 0.674. The Labute approximate surface area is 98.6 Å². The molecule has 0 aliphatic carbocycles. The molecular weight excluding hydrogens is 251 g/mol. The maximum Gasteiger partial charge on any atom is 0.488 e. The monoisotopic (exact) mass is 262 g/mol. The second-order valence-corrected chi connectivity index (χ2v) is 4.15. The number of rotatable bonds is 5. The summed E-state index contributed by atoms with van der Waals surface area (Å²) in [5.41, 5.74) is 0.791. The molecule has 0 aromatic heterocycles. The first-order valence-corrected chi connectivity index (χ1v) is 6.01. The molecule has 17 heavy (non-hydrogen) atoms. The average molecular weight is 262 g/mol. The van der Waals surface area contributed by atoms with E-state index in [0.29, 0.717) is 6.42 Å². The molecule has 5 nitrogen and oxygen atoms in total. The number of hydrogen-bond donors (Lipinski definition) is 0. The molecule has 0 heterocycles.